The molecule has 0 unspecified atom stereocenters. The lowest BCUT2D eigenvalue weighted by Gasteiger charge is -2.14. The van der Waals surface area contributed by atoms with E-state index in [0.29, 0.717) is 23.4 Å². The molecule has 0 bridgehead atoms. The summed E-state index contributed by atoms with van der Waals surface area (Å²) in [6.45, 7) is 1.20. The number of hydrazine groups is 1. The van der Waals surface area contributed by atoms with Crippen molar-refractivity contribution in [2.24, 2.45) is 0 Å². The van der Waals surface area contributed by atoms with Gasteiger partial charge in [-0.1, -0.05) is 6.07 Å². The normalized spacial score (nSPS) is 9.50. The average molecular weight is 314 g/mol. The molecule has 8 heteroatoms. The van der Waals surface area contributed by atoms with Crippen LogP contribution in [-0.2, 0) is 4.74 Å². The third kappa shape index (κ3) is 6.50. The molecule has 110 valence electrons. The lowest BCUT2D eigenvalue weighted by Crippen LogP contribution is -2.48. The number of rotatable bonds is 5. The Morgan fingerprint density at radius 1 is 1.15 bits per heavy atom. The summed E-state index contributed by atoms with van der Waals surface area (Å²) in [5, 5.41) is 6.79. The Labute approximate surface area is 129 Å². The van der Waals surface area contributed by atoms with Gasteiger partial charge in [-0.25, -0.2) is 0 Å². The highest BCUT2D eigenvalue weighted by molar-refractivity contribution is 7.80. The maximum absolute atomic E-state index is 5.13. The third-order valence-corrected chi connectivity index (χ3v) is 2.66. The van der Waals surface area contributed by atoms with Gasteiger partial charge in [0.25, 0.3) is 0 Å². The lowest BCUT2D eigenvalue weighted by atomic mass is 10.3. The van der Waals surface area contributed by atoms with E-state index in [1.165, 1.54) is 0 Å². The van der Waals surface area contributed by atoms with Crippen molar-refractivity contribution in [3.63, 3.8) is 0 Å². The van der Waals surface area contributed by atoms with Crippen molar-refractivity contribution >= 4 is 40.3 Å². The Morgan fingerprint density at radius 2 is 1.90 bits per heavy atom. The monoisotopic (exact) mass is 314 g/mol. The Hall–Kier alpha value is -1.64. The Kier molecular flexibility index (Phi) is 7.63. The maximum Gasteiger partial charge on any atom is 0.189 e. The van der Waals surface area contributed by atoms with Gasteiger partial charge in [0.15, 0.2) is 10.2 Å². The molecule has 6 nitrogen and oxygen atoms in total. The van der Waals surface area contributed by atoms with Gasteiger partial charge < -0.3 is 20.1 Å². The summed E-state index contributed by atoms with van der Waals surface area (Å²) >= 11 is 10.2. The summed E-state index contributed by atoms with van der Waals surface area (Å²) in [6.07, 6.45) is 0. The zero-order chi connectivity index (χ0) is 14.8. The summed E-state index contributed by atoms with van der Waals surface area (Å²) in [5.41, 5.74) is 6.37. The van der Waals surface area contributed by atoms with E-state index < -0.39 is 0 Å². The molecule has 0 atom stereocenters. The van der Waals surface area contributed by atoms with E-state index in [2.05, 4.69) is 21.5 Å². The first-order chi connectivity index (χ1) is 9.65. The number of thiocarbonyl (C=S) groups is 2. The van der Waals surface area contributed by atoms with E-state index in [9.17, 15) is 0 Å². The fraction of sp³-hybridized carbons (Fsp3) is 0.333. The van der Waals surface area contributed by atoms with E-state index in [0.717, 1.165) is 11.4 Å². The number of methoxy groups -OCH3 is 2. The van der Waals surface area contributed by atoms with E-state index >= 15 is 0 Å². The van der Waals surface area contributed by atoms with Crippen LogP contribution in [0.15, 0.2) is 24.3 Å². The molecule has 0 spiro atoms. The largest absolute Gasteiger partial charge is 0.497 e. The zero-order valence-corrected chi connectivity index (χ0v) is 13.0. The quantitative estimate of drug-likeness (QED) is 0.365. The van der Waals surface area contributed by atoms with E-state index in [1.807, 2.05) is 24.3 Å². The Bertz CT molecular complexity index is 457. The number of nitrogens with one attached hydrogen (secondary N) is 4. The second kappa shape index (κ2) is 9.29. The SMILES string of the molecule is COCCNC(=S)NNC(=S)Nc1cccc(OC)c1. The van der Waals surface area contributed by atoms with Gasteiger partial charge in [0.05, 0.1) is 13.7 Å². The van der Waals surface area contributed by atoms with Crippen molar-refractivity contribution in [2.75, 3.05) is 32.7 Å². The van der Waals surface area contributed by atoms with Crippen LogP contribution in [0, 0.1) is 0 Å². The summed E-state index contributed by atoms with van der Waals surface area (Å²) in [4.78, 5) is 0. The molecule has 0 aromatic heterocycles. The van der Waals surface area contributed by atoms with Gasteiger partial charge in [-0.05, 0) is 36.6 Å². The summed E-state index contributed by atoms with van der Waals surface area (Å²) < 4.78 is 10.0. The first-order valence-electron chi connectivity index (χ1n) is 5.89. The molecule has 1 aromatic carbocycles. The second-order valence-electron chi connectivity index (χ2n) is 3.68. The molecule has 0 amide bonds. The molecule has 4 N–H and O–H groups in total. The predicted octanol–water partition coefficient (Wildman–Crippen LogP) is 1.01. The van der Waals surface area contributed by atoms with Crippen molar-refractivity contribution in [3.05, 3.63) is 24.3 Å². The Morgan fingerprint density at radius 3 is 2.60 bits per heavy atom. The summed E-state index contributed by atoms with van der Waals surface area (Å²) in [5.74, 6) is 0.752. The van der Waals surface area contributed by atoms with Crippen molar-refractivity contribution in [1.82, 2.24) is 16.2 Å². The van der Waals surface area contributed by atoms with Crippen molar-refractivity contribution in [1.29, 1.82) is 0 Å². The number of anilines is 1. The minimum Gasteiger partial charge on any atom is -0.497 e. The average Bonchev–Trinajstić information content (AvgIpc) is 2.45. The summed E-state index contributed by atoms with van der Waals surface area (Å²) in [6, 6.07) is 7.44. The highest BCUT2D eigenvalue weighted by atomic mass is 32.1. The minimum atomic E-state index is 0.397. The van der Waals surface area contributed by atoms with E-state index in [1.54, 1.807) is 14.2 Å². The van der Waals surface area contributed by atoms with Gasteiger partial charge in [-0.2, -0.15) is 0 Å². The maximum atomic E-state index is 5.13. The van der Waals surface area contributed by atoms with Crippen molar-refractivity contribution in [2.45, 2.75) is 0 Å². The molecule has 20 heavy (non-hydrogen) atoms. The first kappa shape index (κ1) is 16.4. The van der Waals surface area contributed by atoms with Crippen LogP contribution in [-0.4, -0.2) is 37.6 Å². The topological polar surface area (TPSA) is 66.6 Å². The fourth-order valence-electron chi connectivity index (χ4n) is 1.29. The summed E-state index contributed by atoms with van der Waals surface area (Å²) in [7, 11) is 3.24. The molecule has 0 saturated carbocycles. The number of benzene rings is 1. The van der Waals surface area contributed by atoms with Gasteiger partial charge in [0, 0.05) is 25.4 Å². The lowest BCUT2D eigenvalue weighted by molar-refractivity contribution is 0.204. The molecule has 0 aliphatic rings. The highest BCUT2D eigenvalue weighted by Crippen LogP contribution is 2.16. The zero-order valence-electron chi connectivity index (χ0n) is 11.4. The van der Waals surface area contributed by atoms with Crippen LogP contribution in [0.5, 0.6) is 5.75 Å². The van der Waals surface area contributed by atoms with Gasteiger partial charge in [-0.3, -0.25) is 10.9 Å². The molecule has 0 saturated heterocycles. The van der Waals surface area contributed by atoms with Crippen LogP contribution in [0.2, 0.25) is 0 Å². The molecule has 0 radical (unpaired) electrons. The molecule has 1 rings (SSSR count). The first-order valence-corrected chi connectivity index (χ1v) is 6.71. The smallest absolute Gasteiger partial charge is 0.189 e. The molecule has 0 heterocycles. The third-order valence-electron chi connectivity index (χ3n) is 2.21. The molecule has 0 fully saturated rings. The molecule has 0 aliphatic heterocycles. The number of hydrogen-bond donors (Lipinski definition) is 4. The number of ether oxygens (including phenoxy) is 2. The fourth-order valence-corrected chi connectivity index (χ4v) is 1.61. The van der Waals surface area contributed by atoms with Crippen LogP contribution in [0.1, 0.15) is 0 Å². The molecule has 1 aromatic rings. The highest BCUT2D eigenvalue weighted by Gasteiger charge is 2.00. The predicted molar refractivity (Wildman–Crippen MR) is 88.0 cm³/mol. The van der Waals surface area contributed by atoms with Crippen LogP contribution >= 0.6 is 24.4 Å². The van der Waals surface area contributed by atoms with Gasteiger partial charge in [0.1, 0.15) is 5.75 Å². The van der Waals surface area contributed by atoms with Crippen molar-refractivity contribution in [3.8, 4) is 5.75 Å². The number of hydrogen-bond acceptors (Lipinski definition) is 4. The van der Waals surface area contributed by atoms with Crippen LogP contribution in [0.4, 0.5) is 5.69 Å². The minimum absolute atomic E-state index is 0.397. The molecular weight excluding hydrogens is 296 g/mol. The van der Waals surface area contributed by atoms with Gasteiger partial charge >= 0.3 is 0 Å². The van der Waals surface area contributed by atoms with Gasteiger partial charge in [-0.15, -0.1) is 0 Å². The van der Waals surface area contributed by atoms with E-state index in [-0.39, 0.29) is 0 Å². The van der Waals surface area contributed by atoms with Crippen LogP contribution < -0.4 is 26.2 Å². The second-order valence-corrected chi connectivity index (χ2v) is 4.50. The Balaban J connectivity index is 2.30. The van der Waals surface area contributed by atoms with E-state index in [4.69, 9.17) is 33.9 Å². The standard InChI is InChI=1S/C12H18N4O2S2/c1-17-7-6-13-11(19)15-16-12(20)14-9-4-3-5-10(8-9)18-2/h3-5,8H,6-7H2,1-2H3,(H2,13,15,19)(H2,14,16,20). The molecule has 0 aliphatic carbocycles. The molecular formula is C12H18N4O2S2. The van der Waals surface area contributed by atoms with Crippen LogP contribution in [0.25, 0.3) is 0 Å². The van der Waals surface area contributed by atoms with Crippen LogP contribution in [0.3, 0.4) is 0 Å². The van der Waals surface area contributed by atoms with Gasteiger partial charge in [0.2, 0.25) is 0 Å². The van der Waals surface area contributed by atoms with Crippen molar-refractivity contribution < 1.29 is 9.47 Å².